The van der Waals surface area contributed by atoms with E-state index in [2.05, 4.69) is 19.1 Å². The topological polar surface area (TPSA) is 35.2 Å². The van der Waals surface area contributed by atoms with Crippen LogP contribution in [0.25, 0.3) is 0 Å². The third-order valence-electron chi connectivity index (χ3n) is 3.60. The van der Waals surface area contributed by atoms with E-state index < -0.39 is 5.54 Å². The lowest BCUT2D eigenvalue weighted by Gasteiger charge is -2.31. The first-order valence-electron chi connectivity index (χ1n) is 6.80. The molecule has 1 unspecified atom stereocenters. The Kier molecular flexibility index (Phi) is 4.69. The van der Waals surface area contributed by atoms with Crippen molar-refractivity contribution in [3.8, 4) is 5.75 Å². The molecule has 2 aromatic carbocycles. The Morgan fingerprint density at radius 1 is 1.10 bits per heavy atom. The minimum Gasteiger partial charge on any atom is -0.495 e. The number of ether oxygens (including phenoxy) is 1. The van der Waals surface area contributed by atoms with Gasteiger partial charge in [-0.05, 0) is 29.7 Å². The van der Waals surface area contributed by atoms with Gasteiger partial charge in [-0.15, -0.1) is 0 Å². The first-order valence-corrected chi connectivity index (χ1v) is 7.18. The fraction of sp³-hybridized carbons (Fsp3) is 0.294. The molecular formula is C17H20ClNO. The maximum absolute atomic E-state index is 6.73. The molecule has 0 aromatic heterocycles. The molecule has 0 aliphatic rings. The monoisotopic (exact) mass is 289 g/mol. The molecule has 0 aliphatic carbocycles. The van der Waals surface area contributed by atoms with Crippen LogP contribution in [0.5, 0.6) is 5.75 Å². The molecule has 2 rings (SSSR count). The van der Waals surface area contributed by atoms with Crippen molar-refractivity contribution in [3.63, 3.8) is 0 Å². The van der Waals surface area contributed by atoms with E-state index >= 15 is 0 Å². The van der Waals surface area contributed by atoms with Crippen LogP contribution in [0.15, 0.2) is 48.5 Å². The van der Waals surface area contributed by atoms with E-state index in [4.69, 9.17) is 22.1 Å². The third kappa shape index (κ3) is 2.82. The lowest BCUT2D eigenvalue weighted by atomic mass is 9.80. The molecule has 0 radical (unpaired) electrons. The number of methoxy groups -OCH3 is 1. The number of hydrogen-bond acceptors (Lipinski definition) is 2. The van der Waals surface area contributed by atoms with Gasteiger partial charge in [0.15, 0.2) is 0 Å². The average molecular weight is 290 g/mol. The van der Waals surface area contributed by atoms with Crippen LogP contribution >= 0.6 is 11.6 Å². The first kappa shape index (κ1) is 14.9. The van der Waals surface area contributed by atoms with Gasteiger partial charge in [0.05, 0.1) is 17.7 Å². The molecule has 20 heavy (non-hydrogen) atoms. The normalized spacial score (nSPS) is 13.8. The van der Waals surface area contributed by atoms with Crippen molar-refractivity contribution in [1.29, 1.82) is 0 Å². The summed E-state index contributed by atoms with van der Waals surface area (Å²) in [6.07, 6.45) is 1.86. The molecular weight excluding hydrogens is 270 g/mol. The predicted molar refractivity (Wildman–Crippen MR) is 84.3 cm³/mol. The van der Waals surface area contributed by atoms with Crippen LogP contribution in [-0.4, -0.2) is 7.11 Å². The third-order valence-corrected chi connectivity index (χ3v) is 3.91. The number of hydrogen-bond donors (Lipinski definition) is 1. The number of benzene rings is 2. The molecule has 2 aromatic rings. The Bertz CT molecular complexity index is 570. The fourth-order valence-corrected chi connectivity index (χ4v) is 2.72. The van der Waals surface area contributed by atoms with E-state index in [9.17, 15) is 0 Å². The molecule has 0 heterocycles. The molecule has 0 fully saturated rings. The summed E-state index contributed by atoms with van der Waals surface area (Å²) in [4.78, 5) is 0. The van der Waals surface area contributed by atoms with E-state index in [0.29, 0.717) is 10.8 Å². The van der Waals surface area contributed by atoms with Gasteiger partial charge in [0.1, 0.15) is 5.75 Å². The zero-order chi connectivity index (χ0) is 14.6. The maximum Gasteiger partial charge on any atom is 0.137 e. The Balaban J connectivity index is 2.53. The Labute approximate surface area is 125 Å². The van der Waals surface area contributed by atoms with Crippen molar-refractivity contribution in [3.05, 3.63) is 64.7 Å². The van der Waals surface area contributed by atoms with E-state index in [0.717, 1.165) is 24.0 Å². The van der Waals surface area contributed by atoms with Gasteiger partial charge in [-0.25, -0.2) is 0 Å². The van der Waals surface area contributed by atoms with Crippen molar-refractivity contribution < 1.29 is 4.74 Å². The van der Waals surface area contributed by atoms with Crippen molar-refractivity contribution in [1.82, 2.24) is 0 Å². The Morgan fingerprint density at radius 3 is 2.40 bits per heavy atom. The smallest absolute Gasteiger partial charge is 0.137 e. The van der Waals surface area contributed by atoms with E-state index in [1.54, 1.807) is 7.11 Å². The first-order chi connectivity index (χ1) is 9.61. The highest BCUT2D eigenvalue weighted by Crippen LogP contribution is 2.35. The largest absolute Gasteiger partial charge is 0.495 e. The summed E-state index contributed by atoms with van der Waals surface area (Å²) >= 11 is 6.10. The van der Waals surface area contributed by atoms with Crippen LogP contribution in [0, 0.1) is 0 Å². The average Bonchev–Trinajstić information content (AvgIpc) is 2.48. The maximum atomic E-state index is 6.73. The molecule has 0 saturated heterocycles. The van der Waals surface area contributed by atoms with Gasteiger partial charge in [0.2, 0.25) is 0 Å². The van der Waals surface area contributed by atoms with E-state index in [1.165, 1.54) is 0 Å². The highest BCUT2D eigenvalue weighted by Gasteiger charge is 2.29. The molecule has 2 nitrogen and oxygen atoms in total. The second-order valence-electron chi connectivity index (χ2n) is 4.94. The van der Waals surface area contributed by atoms with Crippen molar-refractivity contribution in [2.75, 3.05) is 7.11 Å². The van der Waals surface area contributed by atoms with Gasteiger partial charge in [-0.1, -0.05) is 61.3 Å². The summed E-state index contributed by atoms with van der Waals surface area (Å²) in [6.45, 7) is 2.14. The molecule has 0 bridgehead atoms. The zero-order valence-corrected chi connectivity index (χ0v) is 12.7. The predicted octanol–water partition coefficient (Wildman–Crippen LogP) is 4.35. The molecule has 3 heteroatoms. The molecule has 0 aliphatic heterocycles. The van der Waals surface area contributed by atoms with Crippen molar-refractivity contribution in [2.24, 2.45) is 5.73 Å². The lowest BCUT2D eigenvalue weighted by Crippen LogP contribution is -2.37. The minimum atomic E-state index is -0.520. The molecule has 0 saturated carbocycles. The number of rotatable bonds is 5. The number of halogens is 1. The SMILES string of the molecule is CCCC(N)(c1ccccc1)c1ccc(Cl)c(OC)c1. The van der Waals surface area contributed by atoms with E-state index in [-0.39, 0.29) is 0 Å². The van der Waals surface area contributed by atoms with Gasteiger partial charge in [-0.3, -0.25) is 0 Å². The highest BCUT2D eigenvalue weighted by molar-refractivity contribution is 6.32. The van der Waals surface area contributed by atoms with Gasteiger partial charge in [0.25, 0.3) is 0 Å². The number of nitrogens with two attached hydrogens (primary N) is 1. The van der Waals surface area contributed by atoms with Gasteiger partial charge >= 0.3 is 0 Å². The molecule has 106 valence electrons. The summed E-state index contributed by atoms with van der Waals surface area (Å²) in [7, 11) is 1.62. The zero-order valence-electron chi connectivity index (χ0n) is 11.9. The molecule has 0 spiro atoms. The Hall–Kier alpha value is -1.51. The van der Waals surface area contributed by atoms with Crippen molar-refractivity contribution >= 4 is 11.6 Å². The van der Waals surface area contributed by atoms with Gasteiger partial charge in [0, 0.05) is 0 Å². The summed E-state index contributed by atoms with van der Waals surface area (Å²) < 4.78 is 5.31. The van der Waals surface area contributed by atoms with Crippen LogP contribution < -0.4 is 10.5 Å². The molecule has 2 N–H and O–H groups in total. The second-order valence-corrected chi connectivity index (χ2v) is 5.34. The van der Waals surface area contributed by atoms with Crippen LogP contribution in [0.3, 0.4) is 0 Å². The summed E-state index contributed by atoms with van der Waals surface area (Å²) in [5.41, 5.74) is 8.33. The van der Waals surface area contributed by atoms with Crippen LogP contribution in [0.4, 0.5) is 0 Å². The van der Waals surface area contributed by atoms with Gasteiger partial charge in [-0.2, -0.15) is 0 Å². The summed E-state index contributed by atoms with van der Waals surface area (Å²) in [5, 5.41) is 0.600. The van der Waals surface area contributed by atoms with Crippen LogP contribution in [-0.2, 0) is 5.54 Å². The van der Waals surface area contributed by atoms with Gasteiger partial charge < -0.3 is 10.5 Å². The molecule has 1 atom stereocenters. The standard InChI is InChI=1S/C17H20ClNO/c1-3-11-17(19,13-7-5-4-6-8-13)14-9-10-15(18)16(12-14)20-2/h4-10,12H,3,11,19H2,1-2H3. The quantitative estimate of drug-likeness (QED) is 0.888. The molecule has 0 amide bonds. The van der Waals surface area contributed by atoms with Crippen LogP contribution in [0.1, 0.15) is 30.9 Å². The second kappa shape index (κ2) is 6.29. The van der Waals surface area contributed by atoms with E-state index in [1.807, 2.05) is 36.4 Å². The lowest BCUT2D eigenvalue weighted by molar-refractivity contribution is 0.411. The minimum absolute atomic E-state index is 0.520. The van der Waals surface area contributed by atoms with Crippen LogP contribution in [0.2, 0.25) is 5.02 Å². The highest BCUT2D eigenvalue weighted by atomic mass is 35.5. The summed E-state index contributed by atoms with van der Waals surface area (Å²) in [5.74, 6) is 0.658. The van der Waals surface area contributed by atoms with Crippen molar-refractivity contribution in [2.45, 2.75) is 25.3 Å². The summed E-state index contributed by atoms with van der Waals surface area (Å²) in [6, 6.07) is 15.9. The fourth-order valence-electron chi connectivity index (χ4n) is 2.52. The Morgan fingerprint density at radius 2 is 1.80 bits per heavy atom.